The molecule has 0 atom stereocenters. The average molecular weight is 249 g/mol. The smallest absolute Gasteiger partial charge is 0.145 e. The molecule has 0 saturated carbocycles. The molecule has 94 valence electrons. The standard InChI is InChI=1S/C16H15N3/c1-12-15(17)19-11-5-8-14(16(19)18-12)10-9-13-6-3-2-4-7-13/h2-11H,17H2,1H3/b10-9+. The van der Waals surface area contributed by atoms with Crippen LogP contribution in [0.15, 0.2) is 48.7 Å². The number of anilines is 1. The Bertz CT molecular complexity index is 739. The van der Waals surface area contributed by atoms with E-state index in [-0.39, 0.29) is 0 Å². The largest absolute Gasteiger partial charge is 0.383 e. The second kappa shape index (κ2) is 4.61. The van der Waals surface area contributed by atoms with Gasteiger partial charge in [0.25, 0.3) is 0 Å². The second-order valence-corrected chi connectivity index (χ2v) is 4.48. The zero-order valence-corrected chi connectivity index (χ0v) is 10.7. The van der Waals surface area contributed by atoms with Gasteiger partial charge in [-0.2, -0.15) is 0 Å². The van der Waals surface area contributed by atoms with E-state index >= 15 is 0 Å². The Morgan fingerprint density at radius 2 is 1.84 bits per heavy atom. The van der Waals surface area contributed by atoms with Gasteiger partial charge in [-0.05, 0) is 24.6 Å². The molecule has 0 bridgehead atoms. The molecule has 0 radical (unpaired) electrons. The topological polar surface area (TPSA) is 43.3 Å². The van der Waals surface area contributed by atoms with Crippen molar-refractivity contribution in [3.63, 3.8) is 0 Å². The number of aryl methyl sites for hydroxylation is 1. The molecule has 3 heteroatoms. The number of rotatable bonds is 2. The van der Waals surface area contributed by atoms with Crippen molar-refractivity contribution in [3.05, 3.63) is 65.5 Å². The van der Waals surface area contributed by atoms with E-state index in [1.807, 2.05) is 47.9 Å². The van der Waals surface area contributed by atoms with Gasteiger partial charge < -0.3 is 5.73 Å². The van der Waals surface area contributed by atoms with Gasteiger partial charge in [0.05, 0.1) is 5.69 Å². The minimum Gasteiger partial charge on any atom is -0.383 e. The second-order valence-electron chi connectivity index (χ2n) is 4.48. The van der Waals surface area contributed by atoms with Crippen LogP contribution in [0.3, 0.4) is 0 Å². The molecule has 2 N–H and O–H groups in total. The lowest BCUT2D eigenvalue weighted by Crippen LogP contribution is -1.93. The first-order chi connectivity index (χ1) is 9.25. The van der Waals surface area contributed by atoms with Crippen molar-refractivity contribution >= 4 is 23.6 Å². The lowest BCUT2D eigenvalue weighted by molar-refractivity contribution is 1.19. The minimum absolute atomic E-state index is 0.699. The molecule has 2 aromatic heterocycles. The fourth-order valence-corrected chi connectivity index (χ4v) is 2.10. The van der Waals surface area contributed by atoms with Crippen molar-refractivity contribution in [1.29, 1.82) is 0 Å². The lowest BCUT2D eigenvalue weighted by atomic mass is 10.1. The first-order valence-corrected chi connectivity index (χ1v) is 6.22. The molecule has 19 heavy (non-hydrogen) atoms. The van der Waals surface area contributed by atoms with Crippen LogP contribution < -0.4 is 5.73 Å². The van der Waals surface area contributed by atoms with Crippen molar-refractivity contribution in [2.45, 2.75) is 6.92 Å². The van der Waals surface area contributed by atoms with Crippen molar-refractivity contribution in [1.82, 2.24) is 9.38 Å². The maximum atomic E-state index is 5.99. The van der Waals surface area contributed by atoms with Gasteiger partial charge in [0, 0.05) is 11.8 Å². The molecule has 3 nitrogen and oxygen atoms in total. The van der Waals surface area contributed by atoms with E-state index in [0.717, 1.165) is 16.9 Å². The predicted molar refractivity (Wildman–Crippen MR) is 79.7 cm³/mol. The van der Waals surface area contributed by atoms with E-state index < -0.39 is 0 Å². The van der Waals surface area contributed by atoms with Gasteiger partial charge in [0.15, 0.2) is 0 Å². The van der Waals surface area contributed by atoms with Gasteiger partial charge in [0.1, 0.15) is 11.5 Å². The highest BCUT2D eigenvalue weighted by molar-refractivity contribution is 5.77. The fourth-order valence-electron chi connectivity index (χ4n) is 2.10. The molecule has 3 rings (SSSR count). The maximum absolute atomic E-state index is 5.99. The number of nitrogen functional groups attached to an aromatic ring is 1. The first-order valence-electron chi connectivity index (χ1n) is 6.22. The summed E-state index contributed by atoms with van der Waals surface area (Å²) in [5, 5.41) is 0. The van der Waals surface area contributed by atoms with Crippen LogP contribution in [-0.2, 0) is 0 Å². The van der Waals surface area contributed by atoms with Crippen LogP contribution in [0.25, 0.3) is 17.8 Å². The van der Waals surface area contributed by atoms with Gasteiger partial charge in [-0.3, -0.25) is 4.40 Å². The quantitative estimate of drug-likeness (QED) is 0.756. The van der Waals surface area contributed by atoms with Crippen molar-refractivity contribution in [3.8, 4) is 0 Å². The Hall–Kier alpha value is -2.55. The summed E-state index contributed by atoms with van der Waals surface area (Å²) in [4.78, 5) is 4.51. The molecular weight excluding hydrogens is 234 g/mol. The summed E-state index contributed by atoms with van der Waals surface area (Å²) in [5.41, 5.74) is 9.97. The molecule has 2 heterocycles. The molecule has 0 aliphatic rings. The van der Waals surface area contributed by atoms with E-state index in [1.165, 1.54) is 5.56 Å². The van der Waals surface area contributed by atoms with E-state index in [4.69, 9.17) is 5.73 Å². The van der Waals surface area contributed by atoms with Crippen molar-refractivity contribution in [2.24, 2.45) is 0 Å². The molecular formula is C16H15N3. The first kappa shape index (κ1) is 11.5. The minimum atomic E-state index is 0.699. The van der Waals surface area contributed by atoms with Crippen LogP contribution >= 0.6 is 0 Å². The predicted octanol–water partition coefficient (Wildman–Crippen LogP) is 3.40. The van der Waals surface area contributed by atoms with E-state index in [1.54, 1.807) is 0 Å². The number of imidazole rings is 1. The Balaban J connectivity index is 2.06. The zero-order chi connectivity index (χ0) is 13.2. The Kier molecular flexibility index (Phi) is 2.80. The number of aromatic nitrogens is 2. The zero-order valence-electron chi connectivity index (χ0n) is 10.7. The maximum Gasteiger partial charge on any atom is 0.145 e. The summed E-state index contributed by atoms with van der Waals surface area (Å²) in [5.74, 6) is 0.699. The number of hydrogen-bond acceptors (Lipinski definition) is 2. The average Bonchev–Trinajstić information content (AvgIpc) is 2.74. The number of nitrogens with zero attached hydrogens (tertiary/aromatic N) is 2. The summed E-state index contributed by atoms with van der Waals surface area (Å²) in [6.45, 7) is 1.92. The van der Waals surface area contributed by atoms with Crippen molar-refractivity contribution in [2.75, 3.05) is 5.73 Å². The molecule has 1 aromatic carbocycles. The van der Waals surface area contributed by atoms with Crippen LogP contribution in [0.1, 0.15) is 16.8 Å². The third-order valence-electron chi connectivity index (χ3n) is 3.16. The van der Waals surface area contributed by atoms with Gasteiger partial charge in [0.2, 0.25) is 0 Å². The monoisotopic (exact) mass is 249 g/mol. The molecule has 0 unspecified atom stereocenters. The van der Waals surface area contributed by atoms with Gasteiger partial charge >= 0.3 is 0 Å². The number of pyridine rings is 1. The van der Waals surface area contributed by atoms with E-state index in [0.29, 0.717) is 5.82 Å². The number of fused-ring (bicyclic) bond motifs is 1. The SMILES string of the molecule is Cc1nc2c(/C=C/c3ccccc3)cccn2c1N. The summed E-state index contributed by atoms with van der Waals surface area (Å²) in [6.07, 6.45) is 6.08. The molecule has 0 aliphatic carbocycles. The number of benzene rings is 1. The van der Waals surface area contributed by atoms with Crippen LogP contribution in [-0.4, -0.2) is 9.38 Å². The van der Waals surface area contributed by atoms with Gasteiger partial charge in [-0.25, -0.2) is 4.98 Å². The Morgan fingerprint density at radius 3 is 2.63 bits per heavy atom. The van der Waals surface area contributed by atoms with Gasteiger partial charge in [-0.15, -0.1) is 0 Å². The number of hydrogen-bond donors (Lipinski definition) is 1. The van der Waals surface area contributed by atoms with Crippen LogP contribution in [0.2, 0.25) is 0 Å². The third-order valence-corrected chi connectivity index (χ3v) is 3.16. The molecule has 0 fully saturated rings. The van der Waals surface area contributed by atoms with E-state index in [9.17, 15) is 0 Å². The molecule has 0 aliphatic heterocycles. The Morgan fingerprint density at radius 1 is 1.05 bits per heavy atom. The summed E-state index contributed by atoms with van der Waals surface area (Å²) in [7, 11) is 0. The van der Waals surface area contributed by atoms with Gasteiger partial charge in [-0.1, -0.05) is 42.5 Å². The normalized spacial score (nSPS) is 11.4. The molecule has 0 spiro atoms. The highest BCUT2D eigenvalue weighted by atomic mass is 15.1. The van der Waals surface area contributed by atoms with E-state index in [2.05, 4.69) is 29.3 Å². The van der Waals surface area contributed by atoms with Crippen LogP contribution in [0, 0.1) is 6.92 Å². The fraction of sp³-hybridized carbons (Fsp3) is 0.0625. The summed E-state index contributed by atoms with van der Waals surface area (Å²) < 4.78 is 1.92. The molecule has 3 aromatic rings. The summed E-state index contributed by atoms with van der Waals surface area (Å²) in [6, 6.07) is 14.2. The lowest BCUT2D eigenvalue weighted by Gasteiger charge is -1.99. The number of nitrogens with two attached hydrogens (primary N) is 1. The van der Waals surface area contributed by atoms with Crippen LogP contribution in [0.5, 0.6) is 0 Å². The Labute approximate surface area is 112 Å². The highest BCUT2D eigenvalue weighted by Crippen LogP contribution is 2.19. The summed E-state index contributed by atoms with van der Waals surface area (Å²) >= 11 is 0. The van der Waals surface area contributed by atoms with Crippen LogP contribution in [0.4, 0.5) is 5.82 Å². The highest BCUT2D eigenvalue weighted by Gasteiger charge is 2.06. The molecule has 0 saturated heterocycles. The molecule has 0 amide bonds. The third kappa shape index (κ3) is 2.10. The van der Waals surface area contributed by atoms with Crippen molar-refractivity contribution < 1.29 is 0 Å².